The van der Waals surface area contributed by atoms with Gasteiger partial charge in [-0.1, -0.05) is 6.07 Å². The molecule has 0 aliphatic carbocycles. The molecule has 2 rings (SSSR count). The van der Waals surface area contributed by atoms with Crippen LogP contribution in [0.2, 0.25) is 0 Å². The van der Waals surface area contributed by atoms with Crippen LogP contribution in [0.1, 0.15) is 10.4 Å². The number of amides is 1. The number of nitrogens with two attached hydrogens (primary N) is 1. The lowest BCUT2D eigenvalue weighted by Gasteiger charge is -2.04. The molecule has 0 radical (unpaired) electrons. The Bertz CT molecular complexity index is 497. The third-order valence-electron chi connectivity index (χ3n) is 2.07. The van der Waals surface area contributed by atoms with E-state index in [2.05, 4.69) is 10.3 Å². The normalized spacial score (nSPS) is 9.75. The molecule has 2 aromatic rings. The number of hydrogen-bond acceptors (Lipinski definition) is 3. The van der Waals surface area contributed by atoms with Crippen molar-refractivity contribution in [2.75, 3.05) is 11.1 Å². The van der Waals surface area contributed by atoms with Crippen molar-refractivity contribution >= 4 is 17.3 Å². The fourth-order valence-corrected chi connectivity index (χ4v) is 1.32. The van der Waals surface area contributed by atoms with Gasteiger partial charge in [0.2, 0.25) is 0 Å². The predicted octanol–water partition coefficient (Wildman–Crippen LogP) is 1.92. The standard InChI is InChI=1S/C12H11N3O/c13-10-4-1-3-9(7-10)12(16)15-11-5-2-6-14-8-11/h1-8H,13H2,(H,15,16). The van der Waals surface area contributed by atoms with Gasteiger partial charge >= 0.3 is 0 Å². The second-order valence-electron chi connectivity index (χ2n) is 3.32. The first-order valence-electron chi connectivity index (χ1n) is 4.82. The first-order chi connectivity index (χ1) is 7.75. The average molecular weight is 213 g/mol. The number of nitrogen functional groups attached to an aromatic ring is 1. The van der Waals surface area contributed by atoms with E-state index in [4.69, 9.17) is 5.73 Å². The Morgan fingerprint density at radius 2 is 2.12 bits per heavy atom. The molecule has 1 heterocycles. The van der Waals surface area contributed by atoms with Gasteiger partial charge in [-0.2, -0.15) is 0 Å². The van der Waals surface area contributed by atoms with Gasteiger partial charge in [0.05, 0.1) is 11.9 Å². The molecular formula is C12H11N3O. The van der Waals surface area contributed by atoms with Crippen LogP contribution in [0, 0.1) is 0 Å². The zero-order valence-corrected chi connectivity index (χ0v) is 8.55. The molecule has 3 N–H and O–H groups in total. The minimum atomic E-state index is -0.194. The summed E-state index contributed by atoms with van der Waals surface area (Å²) >= 11 is 0. The second-order valence-corrected chi connectivity index (χ2v) is 3.32. The van der Waals surface area contributed by atoms with E-state index < -0.39 is 0 Å². The minimum absolute atomic E-state index is 0.194. The maximum absolute atomic E-state index is 11.8. The fourth-order valence-electron chi connectivity index (χ4n) is 1.32. The SMILES string of the molecule is Nc1cccc(C(=O)Nc2cccnc2)c1. The van der Waals surface area contributed by atoms with Crippen molar-refractivity contribution < 1.29 is 4.79 Å². The molecule has 0 aliphatic rings. The summed E-state index contributed by atoms with van der Waals surface area (Å²) in [5, 5.41) is 2.73. The number of benzene rings is 1. The highest BCUT2D eigenvalue weighted by Gasteiger charge is 2.05. The molecule has 0 unspecified atom stereocenters. The molecule has 16 heavy (non-hydrogen) atoms. The quantitative estimate of drug-likeness (QED) is 0.749. The predicted molar refractivity (Wildman–Crippen MR) is 63.0 cm³/mol. The highest BCUT2D eigenvalue weighted by Crippen LogP contribution is 2.10. The number of pyridine rings is 1. The van der Waals surface area contributed by atoms with Crippen LogP contribution in [0.25, 0.3) is 0 Å². The fraction of sp³-hybridized carbons (Fsp3) is 0. The number of nitrogens with one attached hydrogen (secondary N) is 1. The maximum atomic E-state index is 11.8. The van der Waals surface area contributed by atoms with Crippen molar-refractivity contribution in [3.63, 3.8) is 0 Å². The molecule has 1 amide bonds. The maximum Gasteiger partial charge on any atom is 0.255 e. The van der Waals surface area contributed by atoms with Crippen molar-refractivity contribution in [3.05, 3.63) is 54.4 Å². The van der Waals surface area contributed by atoms with Crippen molar-refractivity contribution in [2.45, 2.75) is 0 Å². The molecule has 0 spiro atoms. The van der Waals surface area contributed by atoms with Crippen LogP contribution in [0.5, 0.6) is 0 Å². The van der Waals surface area contributed by atoms with Gasteiger partial charge in [-0.25, -0.2) is 0 Å². The first-order valence-corrected chi connectivity index (χ1v) is 4.82. The van der Waals surface area contributed by atoms with Gasteiger partial charge in [0.25, 0.3) is 5.91 Å². The van der Waals surface area contributed by atoms with Crippen LogP contribution < -0.4 is 11.1 Å². The Labute approximate surface area is 93.1 Å². The van der Waals surface area contributed by atoms with E-state index in [1.165, 1.54) is 0 Å². The molecule has 0 aliphatic heterocycles. The molecule has 1 aromatic heterocycles. The van der Waals surface area contributed by atoms with E-state index in [0.29, 0.717) is 16.9 Å². The molecule has 4 heteroatoms. The summed E-state index contributed by atoms with van der Waals surface area (Å²) in [5.41, 5.74) is 7.36. The number of hydrogen-bond donors (Lipinski definition) is 2. The van der Waals surface area contributed by atoms with E-state index in [1.807, 2.05) is 0 Å². The summed E-state index contributed by atoms with van der Waals surface area (Å²) in [6.45, 7) is 0. The molecular weight excluding hydrogens is 202 g/mol. The van der Waals surface area contributed by atoms with E-state index in [9.17, 15) is 4.79 Å². The zero-order valence-electron chi connectivity index (χ0n) is 8.55. The summed E-state index contributed by atoms with van der Waals surface area (Å²) in [6.07, 6.45) is 3.24. The third kappa shape index (κ3) is 2.36. The zero-order chi connectivity index (χ0) is 11.4. The van der Waals surface area contributed by atoms with Crippen molar-refractivity contribution in [3.8, 4) is 0 Å². The van der Waals surface area contributed by atoms with Crippen LogP contribution in [0.3, 0.4) is 0 Å². The minimum Gasteiger partial charge on any atom is -0.399 e. The number of rotatable bonds is 2. The Morgan fingerprint density at radius 3 is 2.81 bits per heavy atom. The molecule has 0 bridgehead atoms. The molecule has 0 saturated carbocycles. The van der Waals surface area contributed by atoms with E-state index >= 15 is 0 Å². The van der Waals surface area contributed by atoms with Gasteiger partial charge in [0, 0.05) is 17.4 Å². The number of nitrogens with zero attached hydrogens (tertiary/aromatic N) is 1. The second kappa shape index (κ2) is 4.44. The smallest absolute Gasteiger partial charge is 0.255 e. The molecule has 1 aromatic carbocycles. The van der Waals surface area contributed by atoms with E-state index in [1.54, 1.807) is 48.8 Å². The van der Waals surface area contributed by atoms with Crippen LogP contribution in [-0.2, 0) is 0 Å². The molecule has 80 valence electrons. The lowest BCUT2D eigenvalue weighted by molar-refractivity contribution is 0.102. The number of aromatic nitrogens is 1. The summed E-state index contributed by atoms with van der Waals surface area (Å²) < 4.78 is 0. The van der Waals surface area contributed by atoms with Crippen LogP contribution in [-0.4, -0.2) is 10.9 Å². The highest BCUT2D eigenvalue weighted by molar-refractivity contribution is 6.04. The molecule has 4 nitrogen and oxygen atoms in total. The van der Waals surface area contributed by atoms with Gasteiger partial charge < -0.3 is 11.1 Å². The van der Waals surface area contributed by atoms with Crippen molar-refractivity contribution in [1.82, 2.24) is 4.98 Å². The Hall–Kier alpha value is -2.36. The Morgan fingerprint density at radius 1 is 1.25 bits per heavy atom. The Balaban J connectivity index is 2.15. The number of anilines is 2. The van der Waals surface area contributed by atoms with Gasteiger partial charge in [-0.15, -0.1) is 0 Å². The molecule has 0 fully saturated rings. The van der Waals surface area contributed by atoms with Crippen LogP contribution in [0.15, 0.2) is 48.8 Å². The van der Waals surface area contributed by atoms with E-state index in [0.717, 1.165) is 0 Å². The van der Waals surface area contributed by atoms with Crippen LogP contribution >= 0.6 is 0 Å². The Kier molecular flexibility index (Phi) is 2.82. The summed E-state index contributed by atoms with van der Waals surface area (Å²) in [5.74, 6) is -0.194. The van der Waals surface area contributed by atoms with Crippen molar-refractivity contribution in [1.29, 1.82) is 0 Å². The van der Waals surface area contributed by atoms with Gasteiger partial charge in [0.1, 0.15) is 0 Å². The monoisotopic (exact) mass is 213 g/mol. The number of carbonyl (C=O) groups is 1. The molecule has 0 saturated heterocycles. The number of carbonyl (C=O) groups excluding carboxylic acids is 1. The average Bonchev–Trinajstić information content (AvgIpc) is 2.30. The van der Waals surface area contributed by atoms with Crippen LogP contribution in [0.4, 0.5) is 11.4 Å². The third-order valence-corrected chi connectivity index (χ3v) is 2.07. The van der Waals surface area contributed by atoms with Gasteiger partial charge in [-0.05, 0) is 30.3 Å². The first kappa shape index (κ1) is 10.2. The molecule has 0 atom stereocenters. The lowest BCUT2D eigenvalue weighted by atomic mass is 10.2. The summed E-state index contributed by atoms with van der Waals surface area (Å²) in [7, 11) is 0. The largest absolute Gasteiger partial charge is 0.399 e. The van der Waals surface area contributed by atoms with Gasteiger partial charge in [-0.3, -0.25) is 9.78 Å². The highest BCUT2D eigenvalue weighted by atomic mass is 16.1. The van der Waals surface area contributed by atoms with E-state index in [-0.39, 0.29) is 5.91 Å². The summed E-state index contributed by atoms with van der Waals surface area (Å²) in [6, 6.07) is 10.4. The topological polar surface area (TPSA) is 68.0 Å². The van der Waals surface area contributed by atoms with Gasteiger partial charge in [0.15, 0.2) is 0 Å². The lowest BCUT2D eigenvalue weighted by Crippen LogP contribution is -2.12. The summed E-state index contributed by atoms with van der Waals surface area (Å²) in [4.78, 5) is 15.7. The van der Waals surface area contributed by atoms with Crippen molar-refractivity contribution in [2.24, 2.45) is 0 Å².